The Morgan fingerprint density at radius 1 is 0.303 bits per heavy atom. The quantitative estimate of drug-likeness (QED) is 0.0195. The molecule has 0 amide bonds. The number of nitrogens with zero attached hydrogens (tertiary/aromatic N) is 1. The van der Waals surface area contributed by atoms with Crippen molar-refractivity contribution in [1.82, 2.24) is 0 Å². The van der Waals surface area contributed by atoms with Crippen molar-refractivity contribution in [2.75, 3.05) is 47.5 Å². The van der Waals surface area contributed by atoms with Gasteiger partial charge < -0.3 is 33.3 Å². The molecule has 0 aliphatic heterocycles. The van der Waals surface area contributed by atoms with Gasteiger partial charge in [0.2, 0.25) is 0 Å². The van der Waals surface area contributed by atoms with Crippen LogP contribution in [0.3, 0.4) is 0 Å². The lowest BCUT2D eigenvalue weighted by Crippen LogP contribution is -2.44. The van der Waals surface area contributed by atoms with Gasteiger partial charge in [0.25, 0.3) is 0 Å². The molecule has 0 aromatic carbocycles. The lowest BCUT2D eigenvalue weighted by atomic mass is 10.0. The molecule has 0 heterocycles. The van der Waals surface area contributed by atoms with E-state index in [-0.39, 0.29) is 38.6 Å². The van der Waals surface area contributed by atoms with Crippen LogP contribution in [0.4, 0.5) is 0 Å². The Morgan fingerprint density at radius 3 is 0.808 bits per heavy atom. The minimum absolute atomic E-state index is 0.141. The van der Waals surface area contributed by atoms with Crippen LogP contribution in [-0.2, 0) is 33.3 Å². The number of quaternary nitrogens is 1. The van der Waals surface area contributed by atoms with E-state index in [1.165, 1.54) is 173 Å². The molecule has 0 rings (SSSR count). The molecule has 0 saturated carbocycles. The highest BCUT2D eigenvalue weighted by atomic mass is 16.7. The second-order valence-corrected chi connectivity index (χ2v) is 27.9. The number of unbranched alkanes of at least 4 members (excludes halogenated alkanes) is 33. The standard InChI is InChI=1S/C90H151NO8/c1-6-8-10-12-14-16-18-20-22-24-26-28-30-32-34-36-38-40-41-42-43-44-45-46-47-49-50-52-54-56-58-60-62-64-66-68-70-72-74-76-78-80-87(92)97-84-86(85-98-90(89(94)95)96-83-82-91(3,4)5)99-88(93)81-79-77-75-73-71-69-67-65-63-61-59-57-55-53-51-48-39-37-35-33-31-29-27-25-23-21-19-17-15-13-11-9-7-2/h8-11,14-17,20-23,26-29,32-35,39,48,53,55,59,61,86,90H,6-7,12-13,18-19,24-25,30-31,36-38,40-47,49-52,54,56-58,60,62-85H2,1-5H3/b10-8-,11-9-,16-14-,17-15-,22-20-,23-21-,28-26-,29-27-,34-32-,35-33-,48-39-,55-53-,61-59-. The molecule has 99 heavy (non-hydrogen) atoms. The van der Waals surface area contributed by atoms with Crippen molar-refractivity contribution in [1.29, 1.82) is 0 Å². The summed E-state index contributed by atoms with van der Waals surface area (Å²) in [6.45, 7) is 4.53. The number of carbonyl (C=O) groups excluding carboxylic acids is 3. The summed E-state index contributed by atoms with van der Waals surface area (Å²) in [5.74, 6) is -2.29. The van der Waals surface area contributed by atoms with Crippen LogP contribution in [0.2, 0.25) is 0 Å². The van der Waals surface area contributed by atoms with Gasteiger partial charge in [-0.05, 0) is 122 Å². The molecule has 0 fully saturated rings. The maximum absolute atomic E-state index is 13.0. The summed E-state index contributed by atoms with van der Waals surface area (Å²) in [5, 5.41) is 11.9. The lowest BCUT2D eigenvalue weighted by molar-refractivity contribution is -0.870. The molecular formula is C90H151NO8. The molecule has 0 spiro atoms. The van der Waals surface area contributed by atoms with Crippen LogP contribution in [0.1, 0.15) is 335 Å². The average Bonchev–Trinajstić information content (AvgIpc) is 1.57. The predicted molar refractivity (Wildman–Crippen MR) is 425 cm³/mol. The molecule has 2 unspecified atom stereocenters. The zero-order valence-electron chi connectivity index (χ0n) is 64.6. The summed E-state index contributed by atoms with van der Waals surface area (Å²) < 4.78 is 22.9. The van der Waals surface area contributed by atoms with E-state index in [1.54, 1.807) is 0 Å². The van der Waals surface area contributed by atoms with Crippen LogP contribution in [0.15, 0.2) is 158 Å². The van der Waals surface area contributed by atoms with Gasteiger partial charge in [0.05, 0.1) is 40.3 Å². The number of aliphatic carboxylic acids is 1. The van der Waals surface area contributed by atoms with Gasteiger partial charge in [-0.3, -0.25) is 9.59 Å². The number of hydrogen-bond donors (Lipinski definition) is 0. The zero-order chi connectivity index (χ0) is 71.8. The summed E-state index contributed by atoms with van der Waals surface area (Å²) >= 11 is 0. The molecule has 0 aromatic heterocycles. The Kier molecular flexibility index (Phi) is 74.6. The number of esters is 2. The number of hydrogen-bond acceptors (Lipinski definition) is 8. The molecule has 0 saturated heterocycles. The van der Waals surface area contributed by atoms with Gasteiger partial charge in [-0.15, -0.1) is 0 Å². The number of ether oxygens (including phenoxy) is 4. The van der Waals surface area contributed by atoms with Crippen molar-refractivity contribution in [2.45, 2.75) is 347 Å². The highest BCUT2D eigenvalue weighted by molar-refractivity contribution is 5.70. The van der Waals surface area contributed by atoms with Gasteiger partial charge >= 0.3 is 11.9 Å². The second-order valence-electron chi connectivity index (χ2n) is 27.9. The zero-order valence-corrected chi connectivity index (χ0v) is 64.6. The van der Waals surface area contributed by atoms with Gasteiger partial charge in [0.1, 0.15) is 13.2 Å². The first kappa shape index (κ1) is 93.9. The highest BCUT2D eigenvalue weighted by Crippen LogP contribution is 2.18. The summed E-state index contributed by atoms with van der Waals surface area (Å²) in [7, 11) is 5.93. The van der Waals surface area contributed by atoms with Crippen molar-refractivity contribution in [3.05, 3.63) is 158 Å². The van der Waals surface area contributed by atoms with E-state index in [0.29, 0.717) is 17.4 Å². The summed E-state index contributed by atoms with van der Waals surface area (Å²) in [4.78, 5) is 37.6. The van der Waals surface area contributed by atoms with E-state index in [9.17, 15) is 19.5 Å². The average molecular weight is 1380 g/mol. The van der Waals surface area contributed by atoms with E-state index in [2.05, 4.69) is 172 Å². The molecule has 2 atom stereocenters. The minimum atomic E-state index is -1.63. The number of rotatable bonds is 74. The molecule has 9 heteroatoms. The molecule has 564 valence electrons. The highest BCUT2D eigenvalue weighted by Gasteiger charge is 2.22. The number of likely N-dealkylation sites (N-methyl/N-ethyl adjacent to an activating group) is 1. The van der Waals surface area contributed by atoms with Crippen molar-refractivity contribution < 1.29 is 42.9 Å². The molecule has 0 radical (unpaired) electrons. The van der Waals surface area contributed by atoms with E-state index < -0.39 is 24.3 Å². The van der Waals surface area contributed by atoms with Gasteiger partial charge in [-0.2, -0.15) is 0 Å². The third-order valence-corrected chi connectivity index (χ3v) is 17.3. The Balaban J connectivity index is 4.03. The van der Waals surface area contributed by atoms with Crippen molar-refractivity contribution >= 4 is 17.9 Å². The van der Waals surface area contributed by atoms with Crippen molar-refractivity contribution in [2.24, 2.45) is 0 Å². The van der Waals surface area contributed by atoms with Crippen molar-refractivity contribution in [3.8, 4) is 0 Å². The monoisotopic (exact) mass is 1370 g/mol. The van der Waals surface area contributed by atoms with Crippen LogP contribution in [0.5, 0.6) is 0 Å². The van der Waals surface area contributed by atoms with Gasteiger partial charge in [-0.25, -0.2) is 0 Å². The van der Waals surface area contributed by atoms with E-state index in [0.717, 1.165) is 128 Å². The maximum atomic E-state index is 13.0. The number of carboxylic acids is 1. The molecule has 0 bridgehead atoms. The third kappa shape index (κ3) is 80.1. The SMILES string of the molecule is CC/C=C\C/C=C\C/C=C\C/C=C\C/C=C\C/C=C\C/C=C\C/C=C\CCCCCCCCCCC(=O)OC(COC(=O)CCCCCCCCCCCCCCCCCCCCCCCCCCC/C=C\C/C=C\C/C=C\C/C=C\C/C=C\CC)COC(OCC[N+](C)(C)C)C(=O)[O-]. The van der Waals surface area contributed by atoms with E-state index >= 15 is 0 Å². The first-order chi connectivity index (χ1) is 48.6. The second kappa shape index (κ2) is 78.6. The molecule has 0 aliphatic carbocycles. The topological polar surface area (TPSA) is 111 Å². The van der Waals surface area contributed by atoms with E-state index in [4.69, 9.17) is 18.9 Å². The Morgan fingerprint density at radius 2 is 0.545 bits per heavy atom. The summed E-state index contributed by atoms with van der Waals surface area (Å²) in [6, 6.07) is 0. The molecular weight excluding hydrogens is 1220 g/mol. The molecule has 0 aliphatic rings. The minimum Gasteiger partial charge on any atom is -0.545 e. The third-order valence-electron chi connectivity index (χ3n) is 17.3. The maximum Gasteiger partial charge on any atom is 0.306 e. The normalized spacial score (nSPS) is 13.5. The first-order valence-electron chi connectivity index (χ1n) is 40.6. The molecule has 9 nitrogen and oxygen atoms in total. The number of carboxylic acid groups (broad SMARTS) is 1. The van der Waals surface area contributed by atoms with E-state index in [1.807, 2.05) is 21.1 Å². The van der Waals surface area contributed by atoms with Crippen LogP contribution >= 0.6 is 0 Å². The van der Waals surface area contributed by atoms with Crippen molar-refractivity contribution in [3.63, 3.8) is 0 Å². The molecule has 0 aromatic rings. The molecule has 0 N–H and O–H groups in total. The van der Waals surface area contributed by atoms with Crippen LogP contribution < -0.4 is 5.11 Å². The first-order valence-corrected chi connectivity index (χ1v) is 40.6. The lowest BCUT2D eigenvalue weighted by Gasteiger charge is -2.26. The number of allylic oxidation sites excluding steroid dienone is 26. The van der Waals surface area contributed by atoms with Gasteiger partial charge in [-0.1, -0.05) is 358 Å². The summed E-state index contributed by atoms with van der Waals surface area (Å²) in [5.41, 5.74) is 0. The van der Waals surface area contributed by atoms with Gasteiger partial charge in [0.15, 0.2) is 12.4 Å². The van der Waals surface area contributed by atoms with Crippen LogP contribution in [0.25, 0.3) is 0 Å². The van der Waals surface area contributed by atoms with Crippen LogP contribution in [0, 0.1) is 0 Å². The van der Waals surface area contributed by atoms with Gasteiger partial charge in [0, 0.05) is 12.8 Å². The Bertz CT molecular complexity index is 2200. The largest absolute Gasteiger partial charge is 0.545 e. The van der Waals surface area contributed by atoms with Crippen LogP contribution in [-0.4, -0.2) is 82.3 Å². The fourth-order valence-corrected chi connectivity index (χ4v) is 11.2. The predicted octanol–water partition coefficient (Wildman–Crippen LogP) is 25.0. The fraction of sp³-hybridized carbons (Fsp3) is 0.678. The smallest absolute Gasteiger partial charge is 0.306 e. The fourth-order valence-electron chi connectivity index (χ4n) is 11.2. The summed E-state index contributed by atoms with van der Waals surface area (Å²) in [6.07, 6.45) is 114. The Labute approximate surface area is 610 Å². The Hall–Kier alpha value is -5.09. The number of carbonyl (C=O) groups is 3.